The lowest BCUT2D eigenvalue weighted by molar-refractivity contribution is -0.137. The molecule has 1 heterocycles. The van der Waals surface area contributed by atoms with Crippen LogP contribution in [0, 0.1) is 0 Å². The number of rotatable bonds is 5. The molecule has 108 valence electrons. The number of anilines is 1. The first-order valence-corrected chi connectivity index (χ1v) is 6.30. The van der Waals surface area contributed by atoms with Crippen molar-refractivity contribution in [1.29, 1.82) is 0 Å². The van der Waals surface area contributed by atoms with Crippen molar-refractivity contribution in [2.45, 2.75) is 25.3 Å². The average molecular weight is 279 g/mol. The zero-order chi connectivity index (χ0) is 14.8. The number of benzene rings is 1. The van der Waals surface area contributed by atoms with Crippen LogP contribution in [0.25, 0.3) is 0 Å². The Labute approximate surface area is 116 Å². The third kappa shape index (κ3) is 2.54. The minimum atomic E-state index is -0.898. The molecule has 1 atom stereocenters. The largest absolute Gasteiger partial charge is 0.495 e. The summed E-state index contributed by atoms with van der Waals surface area (Å²) in [6.07, 6.45) is -0.201. The molecule has 1 aliphatic heterocycles. The van der Waals surface area contributed by atoms with Gasteiger partial charge in [-0.2, -0.15) is 0 Å². The highest BCUT2D eigenvalue weighted by Crippen LogP contribution is 2.38. The standard InChI is InChI=1S/C14H17NO5/c1-14(8-7-12(16)17)9-20-13(18)15(14)10-5-3-4-6-11(10)19-2/h3-6H,7-9H2,1-2H3,(H,16,17). The van der Waals surface area contributed by atoms with Crippen LogP contribution in [0.1, 0.15) is 19.8 Å². The molecule has 1 amide bonds. The van der Waals surface area contributed by atoms with Gasteiger partial charge >= 0.3 is 12.1 Å². The van der Waals surface area contributed by atoms with E-state index in [2.05, 4.69) is 0 Å². The molecule has 0 radical (unpaired) electrons. The molecule has 6 nitrogen and oxygen atoms in total. The summed E-state index contributed by atoms with van der Waals surface area (Å²) >= 11 is 0. The van der Waals surface area contributed by atoms with E-state index in [4.69, 9.17) is 14.6 Å². The lowest BCUT2D eigenvalue weighted by Crippen LogP contribution is -2.45. The summed E-state index contributed by atoms with van der Waals surface area (Å²) < 4.78 is 10.4. The van der Waals surface area contributed by atoms with Crippen molar-refractivity contribution < 1.29 is 24.2 Å². The fraction of sp³-hybridized carbons (Fsp3) is 0.429. The van der Waals surface area contributed by atoms with Crippen LogP contribution in [0.5, 0.6) is 5.75 Å². The Morgan fingerprint density at radius 1 is 1.50 bits per heavy atom. The monoisotopic (exact) mass is 279 g/mol. The lowest BCUT2D eigenvalue weighted by atomic mass is 9.95. The van der Waals surface area contributed by atoms with Crippen molar-refractivity contribution in [1.82, 2.24) is 0 Å². The molecule has 1 aromatic rings. The Bertz CT molecular complexity index is 530. The maximum absolute atomic E-state index is 12.0. The number of para-hydroxylation sites is 2. The SMILES string of the molecule is COc1ccccc1N1C(=O)OCC1(C)CCC(=O)O. The van der Waals surface area contributed by atoms with E-state index < -0.39 is 17.6 Å². The number of amides is 1. The molecule has 1 saturated heterocycles. The smallest absolute Gasteiger partial charge is 0.415 e. The molecule has 0 bridgehead atoms. The summed E-state index contributed by atoms with van der Waals surface area (Å²) in [6.45, 7) is 1.98. The van der Waals surface area contributed by atoms with Crippen LogP contribution in [0.4, 0.5) is 10.5 Å². The summed E-state index contributed by atoms with van der Waals surface area (Å²) in [5.74, 6) is -0.349. The second-order valence-electron chi connectivity index (χ2n) is 4.95. The van der Waals surface area contributed by atoms with Gasteiger partial charge in [0.05, 0.1) is 18.3 Å². The van der Waals surface area contributed by atoms with Crippen LogP contribution in [-0.2, 0) is 9.53 Å². The molecule has 2 rings (SSSR count). The predicted molar refractivity (Wildman–Crippen MR) is 72.1 cm³/mol. The fourth-order valence-corrected chi connectivity index (χ4v) is 2.33. The molecule has 6 heteroatoms. The first-order chi connectivity index (χ1) is 9.48. The van der Waals surface area contributed by atoms with Crippen LogP contribution in [0.2, 0.25) is 0 Å². The third-order valence-corrected chi connectivity index (χ3v) is 3.43. The Kier molecular flexibility index (Phi) is 3.83. The molecule has 20 heavy (non-hydrogen) atoms. The van der Waals surface area contributed by atoms with Crippen LogP contribution in [0.3, 0.4) is 0 Å². The molecule has 1 aliphatic rings. The van der Waals surface area contributed by atoms with Crippen molar-refractivity contribution in [3.63, 3.8) is 0 Å². The van der Waals surface area contributed by atoms with Gasteiger partial charge in [-0.05, 0) is 25.5 Å². The maximum atomic E-state index is 12.0. The van der Waals surface area contributed by atoms with Gasteiger partial charge in [0.25, 0.3) is 0 Å². The van der Waals surface area contributed by atoms with Gasteiger partial charge < -0.3 is 14.6 Å². The minimum Gasteiger partial charge on any atom is -0.495 e. The second-order valence-corrected chi connectivity index (χ2v) is 4.95. The van der Waals surface area contributed by atoms with E-state index in [9.17, 15) is 9.59 Å². The summed E-state index contributed by atoms with van der Waals surface area (Å²) in [7, 11) is 1.52. The molecule has 1 N–H and O–H groups in total. The van der Waals surface area contributed by atoms with E-state index in [-0.39, 0.29) is 13.0 Å². The van der Waals surface area contributed by atoms with Crippen LogP contribution in [0.15, 0.2) is 24.3 Å². The van der Waals surface area contributed by atoms with Gasteiger partial charge in [0, 0.05) is 6.42 Å². The fourth-order valence-electron chi connectivity index (χ4n) is 2.33. The molecule has 1 aromatic carbocycles. The van der Waals surface area contributed by atoms with Gasteiger partial charge in [-0.15, -0.1) is 0 Å². The minimum absolute atomic E-state index is 0.0290. The molecule has 1 unspecified atom stereocenters. The van der Waals surface area contributed by atoms with Gasteiger partial charge in [-0.25, -0.2) is 4.79 Å². The van der Waals surface area contributed by atoms with E-state index in [0.29, 0.717) is 17.9 Å². The van der Waals surface area contributed by atoms with E-state index in [1.54, 1.807) is 24.3 Å². The summed E-state index contributed by atoms with van der Waals surface area (Å²) in [4.78, 5) is 24.3. The van der Waals surface area contributed by atoms with Crippen molar-refractivity contribution in [2.75, 3.05) is 18.6 Å². The number of ether oxygens (including phenoxy) is 2. The topological polar surface area (TPSA) is 76.1 Å². The molecule has 0 spiro atoms. The van der Waals surface area contributed by atoms with Gasteiger partial charge in [-0.3, -0.25) is 9.69 Å². The van der Waals surface area contributed by atoms with Gasteiger partial charge in [0.15, 0.2) is 0 Å². The Morgan fingerprint density at radius 3 is 2.85 bits per heavy atom. The normalized spacial score (nSPS) is 21.7. The zero-order valence-electron chi connectivity index (χ0n) is 11.5. The van der Waals surface area contributed by atoms with Gasteiger partial charge in [0.2, 0.25) is 0 Å². The highest BCUT2D eigenvalue weighted by atomic mass is 16.6. The van der Waals surface area contributed by atoms with Crippen molar-refractivity contribution in [2.24, 2.45) is 0 Å². The second kappa shape index (κ2) is 5.40. The van der Waals surface area contributed by atoms with E-state index in [0.717, 1.165) is 0 Å². The highest BCUT2D eigenvalue weighted by Gasteiger charge is 2.45. The highest BCUT2D eigenvalue weighted by molar-refractivity contribution is 5.93. The molecule has 0 aliphatic carbocycles. The number of carboxylic acid groups (broad SMARTS) is 1. The van der Waals surface area contributed by atoms with Crippen LogP contribution >= 0.6 is 0 Å². The number of carbonyl (C=O) groups is 2. The number of aliphatic carboxylic acids is 1. The van der Waals surface area contributed by atoms with E-state index >= 15 is 0 Å². The number of hydrogen-bond donors (Lipinski definition) is 1. The molecule has 0 aromatic heterocycles. The number of hydrogen-bond acceptors (Lipinski definition) is 4. The van der Waals surface area contributed by atoms with Gasteiger partial charge in [-0.1, -0.05) is 12.1 Å². The Hall–Kier alpha value is -2.24. The number of methoxy groups -OCH3 is 1. The zero-order valence-corrected chi connectivity index (χ0v) is 11.5. The number of carboxylic acids is 1. The van der Waals surface area contributed by atoms with E-state index in [1.807, 2.05) is 6.92 Å². The summed E-state index contributed by atoms with van der Waals surface area (Å²) in [6, 6.07) is 7.10. The third-order valence-electron chi connectivity index (χ3n) is 3.43. The summed E-state index contributed by atoms with van der Waals surface area (Å²) in [5.41, 5.74) is -0.102. The van der Waals surface area contributed by atoms with Crippen molar-refractivity contribution in [3.8, 4) is 5.75 Å². The first-order valence-electron chi connectivity index (χ1n) is 6.30. The van der Waals surface area contributed by atoms with Crippen LogP contribution in [-0.4, -0.2) is 36.4 Å². The van der Waals surface area contributed by atoms with Gasteiger partial charge in [0.1, 0.15) is 12.4 Å². The van der Waals surface area contributed by atoms with E-state index in [1.165, 1.54) is 12.0 Å². The molecule has 0 saturated carbocycles. The molecule has 1 fully saturated rings. The average Bonchev–Trinajstić information content (AvgIpc) is 2.73. The number of cyclic esters (lactones) is 1. The van der Waals surface area contributed by atoms with Crippen LogP contribution < -0.4 is 9.64 Å². The predicted octanol–water partition coefficient (Wildman–Crippen LogP) is 2.28. The number of carbonyl (C=O) groups excluding carboxylic acids is 1. The molecular weight excluding hydrogens is 262 g/mol. The first kappa shape index (κ1) is 14.2. The Balaban J connectivity index is 2.35. The molecular formula is C14H17NO5. The van der Waals surface area contributed by atoms with Crippen molar-refractivity contribution >= 4 is 17.7 Å². The Morgan fingerprint density at radius 2 is 2.20 bits per heavy atom. The summed E-state index contributed by atoms with van der Waals surface area (Å²) in [5, 5.41) is 8.84. The lowest BCUT2D eigenvalue weighted by Gasteiger charge is -2.32. The van der Waals surface area contributed by atoms with Crippen molar-refractivity contribution in [3.05, 3.63) is 24.3 Å². The number of nitrogens with zero attached hydrogens (tertiary/aromatic N) is 1. The maximum Gasteiger partial charge on any atom is 0.415 e. The quantitative estimate of drug-likeness (QED) is 0.894.